The van der Waals surface area contributed by atoms with Gasteiger partial charge >= 0.3 is 5.97 Å². The van der Waals surface area contributed by atoms with Gasteiger partial charge in [0.25, 0.3) is 0 Å². The Hall–Kier alpha value is -1.47. The minimum atomic E-state index is -3.64. The fourth-order valence-electron chi connectivity index (χ4n) is 2.67. The molecule has 1 fully saturated rings. The van der Waals surface area contributed by atoms with Crippen LogP contribution >= 0.6 is 0 Å². The third kappa shape index (κ3) is 4.25. The highest BCUT2D eigenvalue weighted by molar-refractivity contribution is 7.88. The van der Waals surface area contributed by atoms with Gasteiger partial charge in [0, 0.05) is 12.6 Å². The van der Waals surface area contributed by atoms with Gasteiger partial charge in [-0.1, -0.05) is 18.6 Å². The average Bonchev–Trinajstić information content (AvgIpc) is 2.37. The first-order valence-corrected chi connectivity index (χ1v) is 8.45. The Bertz CT molecular complexity index is 617. The molecule has 0 aliphatic carbocycles. The van der Waals surface area contributed by atoms with Crippen LogP contribution in [-0.4, -0.2) is 36.4 Å². The second-order valence-electron chi connectivity index (χ2n) is 5.24. The lowest BCUT2D eigenvalue weighted by molar-refractivity contribution is -0.138. The summed E-state index contributed by atoms with van der Waals surface area (Å²) in [7, 11) is -3.64. The summed E-state index contributed by atoms with van der Waals surface area (Å²) in [6, 6.07) is 4.95. The van der Waals surface area contributed by atoms with Crippen LogP contribution in [0.5, 0.6) is 0 Å². The highest BCUT2D eigenvalue weighted by Gasteiger charge is 2.33. The molecule has 0 bridgehead atoms. The summed E-state index contributed by atoms with van der Waals surface area (Å²) in [5.41, 5.74) is 0.370. The zero-order valence-corrected chi connectivity index (χ0v) is 12.4. The van der Waals surface area contributed by atoms with E-state index in [9.17, 15) is 17.6 Å². The summed E-state index contributed by atoms with van der Waals surface area (Å²) in [6.07, 6.45) is 1.90. The van der Waals surface area contributed by atoms with Gasteiger partial charge in [-0.25, -0.2) is 12.8 Å². The summed E-state index contributed by atoms with van der Waals surface area (Å²) >= 11 is 0. The maximum absolute atomic E-state index is 13.1. The quantitative estimate of drug-likeness (QED) is 0.901. The summed E-state index contributed by atoms with van der Waals surface area (Å²) in [6.45, 7) is 0.329. The Kier molecular flexibility index (Phi) is 4.95. The van der Waals surface area contributed by atoms with Gasteiger partial charge in [-0.15, -0.1) is 0 Å². The van der Waals surface area contributed by atoms with Gasteiger partial charge < -0.3 is 5.11 Å². The molecule has 1 N–H and O–H groups in total. The summed E-state index contributed by atoms with van der Waals surface area (Å²) in [4.78, 5) is 10.9. The number of carboxylic acid groups (broad SMARTS) is 1. The van der Waals surface area contributed by atoms with Crippen LogP contribution in [0.1, 0.15) is 31.2 Å². The van der Waals surface area contributed by atoms with Crippen LogP contribution in [0, 0.1) is 5.82 Å². The monoisotopic (exact) mass is 315 g/mol. The summed E-state index contributed by atoms with van der Waals surface area (Å²) in [5.74, 6) is -1.79. The Morgan fingerprint density at radius 2 is 2.14 bits per heavy atom. The second kappa shape index (κ2) is 6.53. The van der Waals surface area contributed by atoms with Crippen molar-refractivity contribution in [3.63, 3.8) is 0 Å². The van der Waals surface area contributed by atoms with E-state index in [1.807, 2.05) is 0 Å². The zero-order chi connectivity index (χ0) is 15.5. The Labute approximate surface area is 123 Å². The Balaban J connectivity index is 2.18. The van der Waals surface area contributed by atoms with E-state index in [1.54, 1.807) is 6.07 Å². The Morgan fingerprint density at radius 3 is 2.81 bits per heavy atom. The standard InChI is InChI=1S/C14H18FNO4S/c15-12-5-3-4-11(8-12)10-21(19,20)16-7-2-1-6-13(16)9-14(17)18/h3-5,8,13H,1-2,6-7,9-10H2,(H,17,18). The lowest BCUT2D eigenvalue weighted by atomic mass is 10.0. The van der Waals surface area contributed by atoms with Gasteiger partial charge in [0.15, 0.2) is 0 Å². The topological polar surface area (TPSA) is 74.7 Å². The highest BCUT2D eigenvalue weighted by atomic mass is 32.2. The van der Waals surface area contributed by atoms with Crippen molar-refractivity contribution in [3.8, 4) is 0 Å². The van der Waals surface area contributed by atoms with Crippen molar-refractivity contribution < 1.29 is 22.7 Å². The maximum Gasteiger partial charge on any atom is 0.304 e. The molecule has 1 aromatic carbocycles. The van der Waals surface area contributed by atoms with Gasteiger partial charge in [-0.2, -0.15) is 4.31 Å². The Morgan fingerprint density at radius 1 is 1.38 bits per heavy atom. The molecule has 2 rings (SSSR count). The SMILES string of the molecule is O=C(O)CC1CCCCN1S(=O)(=O)Cc1cccc(F)c1. The van der Waals surface area contributed by atoms with Crippen molar-refractivity contribution in [2.24, 2.45) is 0 Å². The molecule has 1 heterocycles. The zero-order valence-electron chi connectivity index (χ0n) is 11.5. The van der Waals surface area contributed by atoms with Gasteiger partial charge in [0.2, 0.25) is 10.0 Å². The molecule has 1 unspecified atom stereocenters. The van der Waals surface area contributed by atoms with Crippen LogP contribution in [0.2, 0.25) is 0 Å². The number of rotatable bonds is 5. The minimum Gasteiger partial charge on any atom is -0.481 e. The third-order valence-electron chi connectivity index (χ3n) is 3.58. The predicted octanol–water partition coefficient (Wildman–Crippen LogP) is 1.98. The van der Waals surface area contributed by atoms with Crippen molar-refractivity contribution in [2.45, 2.75) is 37.5 Å². The van der Waals surface area contributed by atoms with Crippen LogP contribution < -0.4 is 0 Å². The van der Waals surface area contributed by atoms with Gasteiger partial charge in [-0.3, -0.25) is 4.79 Å². The van der Waals surface area contributed by atoms with Crippen molar-refractivity contribution in [2.75, 3.05) is 6.54 Å². The van der Waals surface area contributed by atoms with Crippen molar-refractivity contribution >= 4 is 16.0 Å². The molecule has 1 saturated heterocycles. The number of carbonyl (C=O) groups is 1. The molecule has 7 heteroatoms. The largest absolute Gasteiger partial charge is 0.481 e. The van der Waals surface area contributed by atoms with Crippen LogP contribution in [0.25, 0.3) is 0 Å². The molecule has 1 atom stereocenters. The van der Waals surface area contributed by atoms with Crippen molar-refractivity contribution in [3.05, 3.63) is 35.6 Å². The summed E-state index contributed by atoms with van der Waals surface area (Å²) in [5, 5.41) is 8.90. The average molecular weight is 315 g/mol. The number of piperidine rings is 1. The number of sulfonamides is 1. The molecule has 1 aliphatic heterocycles. The van der Waals surface area contributed by atoms with Gasteiger partial charge in [-0.05, 0) is 30.5 Å². The molecule has 1 aromatic rings. The molecule has 0 aromatic heterocycles. The van der Waals surface area contributed by atoms with E-state index in [4.69, 9.17) is 5.11 Å². The van der Waals surface area contributed by atoms with Crippen LogP contribution in [0.3, 0.4) is 0 Å². The van der Waals surface area contributed by atoms with E-state index < -0.39 is 27.9 Å². The minimum absolute atomic E-state index is 0.192. The number of aliphatic carboxylic acids is 1. The highest BCUT2D eigenvalue weighted by Crippen LogP contribution is 2.25. The number of hydrogen-bond acceptors (Lipinski definition) is 3. The van der Waals surface area contributed by atoms with E-state index in [1.165, 1.54) is 22.5 Å². The van der Waals surface area contributed by atoms with E-state index in [0.29, 0.717) is 18.5 Å². The first-order chi connectivity index (χ1) is 9.88. The first-order valence-electron chi connectivity index (χ1n) is 6.84. The lowest BCUT2D eigenvalue weighted by Gasteiger charge is -2.33. The third-order valence-corrected chi connectivity index (χ3v) is 5.47. The molecular weight excluding hydrogens is 297 g/mol. The molecule has 21 heavy (non-hydrogen) atoms. The van der Waals surface area contributed by atoms with Gasteiger partial charge in [0.05, 0.1) is 12.2 Å². The van der Waals surface area contributed by atoms with Crippen molar-refractivity contribution in [1.29, 1.82) is 0 Å². The molecular formula is C14H18FNO4S. The van der Waals surface area contributed by atoms with E-state index >= 15 is 0 Å². The predicted molar refractivity (Wildman–Crippen MR) is 75.6 cm³/mol. The second-order valence-corrected chi connectivity index (χ2v) is 7.17. The molecule has 5 nitrogen and oxygen atoms in total. The number of benzene rings is 1. The molecule has 0 spiro atoms. The lowest BCUT2D eigenvalue weighted by Crippen LogP contribution is -2.45. The molecule has 116 valence electrons. The van der Waals surface area contributed by atoms with Crippen LogP contribution in [-0.2, 0) is 20.6 Å². The number of carboxylic acids is 1. The molecule has 0 saturated carbocycles. The molecule has 0 amide bonds. The van der Waals surface area contributed by atoms with E-state index in [2.05, 4.69) is 0 Å². The first kappa shape index (κ1) is 15.9. The molecule has 0 radical (unpaired) electrons. The van der Waals surface area contributed by atoms with Crippen molar-refractivity contribution in [1.82, 2.24) is 4.31 Å². The number of nitrogens with zero attached hydrogens (tertiary/aromatic N) is 1. The normalized spacial score (nSPS) is 20.3. The fourth-order valence-corrected chi connectivity index (χ4v) is 4.47. The smallest absolute Gasteiger partial charge is 0.304 e. The summed E-state index contributed by atoms with van der Waals surface area (Å²) < 4.78 is 39.4. The maximum atomic E-state index is 13.1. The van der Waals surface area contributed by atoms with E-state index in [-0.39, 0.29) is 12.2 Å². The number of halogens is 1. The number of hydrogen-bond donors (Lipinski definition) is 1. The van der Waals surface area contributed by atoms with E-state index in [0.717, 1.165) is 12.8 Å². The fraction of sp³-hybridized carbons (Fsp3) is 0.500. The van der Waals surface area contributed by atoms with Gasteiger partial charge in [0.1, 0.15) is 5.82 Å². The molecule has 1 aliphatic rings. The van der Waals surface area contributed by atoms with Crippen LogP contribution in [0.4, 0.5) is 4.39 Å². The van der Waals surface area contributed by atoms with Crippen LogP contribution in [0.15, 0.2) is 24.3 Å².